The number of aryl methyl sites for hydroxylation is 1. The van der Waals surface area contributed by atoms with Crippen molar-refractivity contribution in [2.24, 2.45) is 5.41 Å². The fourth-order valence-corrected chi connectivity index (χ4v) is 5.08. The first kappa shape index (κ1) is 22.1. The number of ether oxygens (including phenoxy) is 5. The molecule has 3 aliphatic rings. The van der Waals surface area contributed by atoms with Gasteiger partial charge in [-0.05, 0) is 29.7 Å². The van der Waals surface area contributed by atoms with Crippen LogP contribution < -0.4 is 19.9 Å². The Balaban J connectivity index is 1.23. The van der Waals surface area contributed by atoms with Gasteiger partial charge < -0.3 is 23.7 Å². The molecule has 5 heterocycles. The molecule has 0 amide bonds. The van der Waals surface area contributed by atoms with E-state index < -0.39 is 0 Å². The van der Waals surface area contributed by atoms with Gasteiger partial charge in [0.15, 0.2) is 11.9 Å². The highest BCUT2D eigenvalue weighted by atomic mass is 16.6. The number of aromatic nitrogens is 3. The normalized spacial score (nSPS) is 20.2. The van der Waals surface area contributed by atoms with E-state index in [1.54, 1.807) is 30.0 Å². The second kappa shape index (κ2) is 8.66. The quantitative estimate of drug-likeness (QED) is 0.535. The molecular formula is C26H27N3O6. The van der Waals surface area contributed by atoms with Gasteiger partial charge in [0.25, 0.3) is 5.88 Å². The predicted octanol–water partition coefficient (Wildman–Crippen LogP) is 2.80. The monoisotopic (exact) mass is 477 g/mol. The number of nitrogens with zero attached hydrogens (tertiary/aromatic N) is 3. The van der Waals surface area contributed by atoms with Crippen LogP contribution in [0.3, 0.4) is 0 Å². The molecule has 3 aliphatic heterocycles. The third-order valence-corrected chi connectivity index (χ3v) is 6.89. The number of rotatable bonds is 6. The second-order valence-corrected chi connectivity index (χ2v) is 9.51. The van der Waals surface area contributed by atoms with Crippen LogP contribution >= 0.6 is 0 Å². The van der Waals surface area contributed by atoms with Crippen molar-refractivity contribution in [3.05, 3.63) is 64.2 Å². The lowest BCUT2D eigenvalue weighted by molar-refractivity contribution is -0.172. The molecule has 9 nitrogen and oxygen atoms in total. The molecule has 0 bridgehead atoms. The SMILES string of the molecule is COC(c1ccc2c(c1)CCn1c-2cc(OCC2COc3ncccc3O2)nc1=O)C1(C)COC1. The third kappa shape index (κ3) is 3.94. The lowest BCUT2D eigenvalue weighted by Crippen LogP contribution is -2.45. The molecule has 1 saturated heterocycles. The van der Waals surface area contributed by atoms with E-state index in [1.807, 2.05) is 6.07 Å². The molecule has 1 fully saturated rings. The van der Waals surface area contributed by atoms with Crippen molar-refractivity contribution < 1.29 is 23.7 Å². The van der Waals surface area contributed by atoms with Gasteiger partial charge in [0.05, 0.1) is 25.0 Å². The van der Waals surface area contributed by atoms with Crippen LogP contribution in [0.5, 0.6) is 17.5 Å². The summed E-state index contributed by atoms with van der Waals surface area (Å²) in [5.41, 5.74) is 3.76. The lowest BCUT2D eigenvalue weighted by Gasteiger charge is -2.44. The first-order valence-corrected chi connectivity index (χ1v) is 11.8. The Bertz CT molecular complexity index is 1320. The van der Waals surface area contributed by atoms with Gasteiger partial charge in [-0.15, -0.1) is 0 Å². The van der Waals surface area contributed by atoms with E-state index in [9.17, 15) is 4.79 Å². The molecule has 182 valence electrons. The summed E-state index contributed by atoms with van der Waals surface area (Å²) < 4.78 is 30.4. The van der Waals surface area contributed by atoms with Gasteiger partial charge >= 0.3 is 5.69 Å². The van der Waals surface area contributed by atoms with Crippen molar-refractivity contribution in [3.8, 4) is 28.8 Å². The molecule has 2 aromatic heterocycles. The molecule has 2 unspecified atom stereocenters. The zero-order chi connectivity index (χ0) is 24.0. The van der Waals surface area contributed by atoms with Gasteiger partial charge in [0.2, 0.25) is 5.88 Å². The first-order valence-electron chi connectivity index (χ1n) is 11.8. The van der Waals surface area contributed by atoms with Crippen molar-refractivity contribution in [2.45, 2.75) is 32.1 Å². The average molecular weight is 478 g/mol. The van der Waals surface area contributed by atoms with E-state index >= 15 is 0 Å². The Morgan fingerprint density at radius 1 is 1.26 bits per heavy atom. The topological polar surface area (TPSA) is 93.9 Å². The van der Waals surface area contributed by atoms with Crippen molar-refractivity contribution in [3.63, 3.8) is 0 Å². The highest BCUT2D eigenvalue weighted by molar-refractivity contribution is 5.67. The maximum absolute atomic E-state index is 12.8. The summed E-state index contributed by atoms with van der Waals surface area (Å²) in [5, 5.41) is 0. The van der Waals surface area contributed by atoms with Crippen molar-refractivity contribution in [1.29, 1.82) is 0 Å². The van der Waals surface area contributed by atoms with Crippen LogP contribution in [-0.4, -0.2) is 54.2 Å². The minimum Gasteiger partial charge on any atom is -0.478 e. The molecule has 3 aromatic rings. The second-order valence-electron chi connectivity index (χ2n) is 9.51. The summed E-state index contributed by atoms with van der Waals surface area (Å²) >= 11 is 0. The molecular weight excluding hydrogens is 450 g/mol. The van der Waals surface area contributed by atoms with Crippen LogP contribution in [0.15, 0.2) is 47.4 Å². The summed E-state index contributed by atoms with van der Waals surface area (Å²) in [6.07, 6.45) is 2.04. The summed E-state index contributed by atoms with van der Waals surface area (Å²) in [6, 6.07) is 11.8. The van der Waals surface area contributed by atoms with Crippen LogP contribution in [0.25, 0.3) is 11.3 Å². The number of methoxy groups -OCH3 is 1. The fourth-order valence-electron chi connectivity index (χ4n) is 5.08. The highest BCUT2D eigenvalue weighted by Gasteiger charge is 2.42. The zero-order valence-corrected chi connectivity index (χ0v) is 19.7. The van der Waals surface area contributed by atoms with Crippen LogP contribution in [0.2, 0.25) is 0 Å². The van der Waals surface area contributed by atoms with Gasteiger partial charge in [0, 0.05) is 36.9 Å². The molecule has 35 heavy (non-hydrogen) atoms. The number of pyridine rings is 1. The molecule has 0 aliphatic carbocycles. The Morgan fingerprint density at radius 2 is 2.14 bits per heavy atom. The van der Waals surface area contributed by atoms with Gasteiger partial charge in [-0.3, -0.25) is 4.57 Å². The van der Waals surface area contributed by atoms with Crippen molar-refractivity contribution in [2.75, 3.05) is 33.5 Å². The lowest BCUT2D eigenvalue weighted by atomic mass is 9.78. The Hall–Kier alpha value is -3.43. The molecule has 0 spiro atoms. The van der Waals surface area contributed by atoms with E-state index in [-0.39, 0.29) is 35.8 Å². The Morgan fingerprint density at radius 3 is 2.94 bits per heavy atom. The summed E-state index contributed by atoms with van der Waals surface area (Å²) in [7, 11) is 1.74. The number of hydrogen-bond acceptors (Lipinski definition) is 8. The number of hydrogen-bond donors (Lipinski definition) is 0. The smallest absolute Gasteiger partial charge is 0.351 e. The van der Waals surface area contributed by atoms with E-state index in [2.05, 4.69) is 35.1 Å². The van der Waals surface area contributed by atoms with Crippen LogP contribution in [0.1, 0.15) is 24.2 Å². The van der Waals surface area contributed by atoms with Crippen LogP contribution in [0.4, 0.5) is 0 Å². The summed E-state index contributed by atoms with van der Waals surface area (Å²) in [4.78, 5) is 21.1. The average Bonchev–Trinajstić information content (AvgIpc) is 2.86. The molecule has 1 aromatic carbocycles. The fraction of sp³-hybridized carbons (Fsp3) is 0.423. The highest BCUT2D eigenvalue weighted by Crippen LogP contribution is 2.43. The van der Waals surface area contributed by atoms with E-state index in [1.165, 1.54) is 5.56 Å². The minimum atomic E-state index is -0.329. The largest absolute Gasteiger partial charge is 0.478 e. The van der Waals surface area contributed by atoms with Crippen molar-refractivity contribution >= 4 is 0 Å². The first-order chi connectivity index (χ1) is 17.0. The van der Waals surface area contributed by atoms with Gasteiger partial charge in [-0.1, -0.05) is 25.1 Å². The standard InChI is InChI=1S/C26H27N3O6/c1-26(14-32-15-26)23(31-2)17-5-6-19-16(10-17)7-9-29-20(19)11-22(28-25(29)30)33-12-18-13-34-24-21(35-18)4-3-8-27-24/h3-6,8,10-11,18,23H,7,9,12-15H2,1-2H3. The van der Waals surface area contributed by atoms with E-state index in [4.69, 9.17) is 23.7 Å². The van der Waals surface area contributed by atoms with E-state index in [0.29, 0.717) is 38.0 Å². The van der Waals surface area contributed by atoms with Gasteiger partial charge in [-0.2, -0.15) is 4.98 Å². The van der Waals surface area contributed by atoms with Gasteiger partial charge in [-0.25, -0.2) is 9.78 Å². The van der Waals surface area contributed by atoms with Crippen LogP contribution in [-0.2, 0) is 22.4 Å². The van der Waals surface area contributed by atoms with Crippen LogP contribution in [0, 0.1) is 5.41 Å². The maximum atomic E-state index is 12.8. The summed E-state index contributed by atoms with van der Waals surface area (Å²) in [6.45, 7) is 4.64. The molecule has 0 radical (unpaired) electrons. The van der Waals surface area contributed by atoms with E-state index in [0.717, 1.165) is 23.2 Å². The predicted molar refractivity (Wildman–Crippen MR) is 126 cm³/mol. The maximum Gasteiger partial charge on any atom is 0.351 e. The molecule has 2 atom stereocenters. The van der Waals surface area contributed by atoms with Gasteiger partial charge in [0.1, 0.15) is 13.2 Å². The third-order valence-electron chi connectivity index (χ3n) is 6.89. The molecule has 0 saturated carbocycles. The molecule has 9 heteroatoms. The molecule has 6 rings (SSSR count). The van der Waals surface area contributed by atoms with Crippen molar-refractivity contribution in [1.82, 2.24) is 14.5 Å². The number of benzene rings is 1. The zero-order valence-electron chi connectivity index (χ0n) is 19.7. The molecule has 0 N–H and O–H groups in total. The Labute approximate surface area is 202 Å². The Kier molecular flexibility index (Phi) is 5.46. The summed E-state index contributed by atoms with van der Waals surface area (Å²) in [5.74, 6) is 1.32. The number of fused-ring (bicyclic) bond motifs is 4. The minimum absolute atomic E-state index is 0.0289.